The first-order valence-corrected chi connectivity index (χ1v) is 9.07. The molecule has 0 spiro atoms. The number of nitrogens with zero attached hydrogens (tertiary/aromatic N) is 1. The second kappa shape index (κ2) is 9.19. The zero-order valence-electron chi connectivity index (χ0n) is 16.2. The van der Waals surface area contributed by atoms with Gasteiger partial charge in [0.2, 0.25) is 5.89 Å². The Labute approximate surface area is 164 Å². The Balaban J connectivity index is 1.72. The molecule has 146 valence electrons. The number of carbonyl (C=O) groups is 1. The minimum Gasteiger partial charge on any atom is -0.497 e. The molecule has 0 bridgehead atoms. The normalized spacial score (nSPS) is 13.0. The van der Waals surface area contributed by atoms with Gasteiger partial charge in [-0.25, -0.2) is 4.98 Å². The summed E-state index contributed by atoms with van der Waals surface area (Å²) in [5.74, 6) is 0.706. The number of ether oxygens (including phenoxy) is 2. The van der Waals surface area contributed by atoms with Crippen LogP contribution in [0.3, 0.4) is 0 Å². The third-order valence-electron chi connectivity index (χ3n) is 4.62. The monoisotopic (exact) mass is 380 g/mol. The van der Waals surface area contributed by atoms with Gasteiger partial charge >= 0.3 is 5.97 Å². The number of esters is 1. The smallest absolute Gasteiger partial charge is 0.310 e. The van der Waals surface area contributed by atoms with Crippen LogP contribution in [0.5, 0.6) is 5.75 Å². The summed E-state index contributed by atoms with van der Waals surface area (Å²) in [4.78, 5) is 16.6. The van der Waals surface area contributed by atoms with Crippen LogP contribution in [0.4, 0.5) is 0 Å². The van der Waals surface area contributed by atoms with E-state index in [1.54, 1.807) is 13.4 Å². The lowest BCUT2D eigenvalue weighted by molar-refractivity contribution is -0.146. The lowest BCUT2D eigenvalue weighted by atomic mass is 9.94. The van der Waals surface area contributed by atoms with Crippen molar-refractivity contribution in [3.8, 4) is 17.2 Å². The Bertz CT molecular complexity index is 890. The van der Waals surface area contributed by atoms with Gasteiger partial charge in [0.05, 0.1) is 25.8 Å². The maximum atomic E-state index is 12.1. The van der Waals surface area contributed by atoms with E-state index in [-0.39, 0.29) is 17.9 Å². The first kappa shape index (κ1) is 19.6. The lowest BCUT2D eigenvalue weighted by Crippen LogP contribution is -2.31. The molecule has 6 heteroatoms. The Morgan fingerprint density at radius 2 is 1.82 bits per heavy atom. The van der Waals surface area contributed by atoms with Gasteiger partial charge in [-0.3, -0.25) is 4.79 Å². The molecule has 0 saturated heterocycles. The van der Waals surface area contributed by atoms with Crippen molar-refractivity contribution in [3.63, 3.8) is 0 Å². The minimum absolute atomic E-state index is 0.199. The predicted octanol–water partition coefficient (Wildman–Crippen LogP) is 3.99. The van der Waals surface area contributed by atoms with E-state index in [0.29, 0.717) is 12.4 Å². The molecule has 1 N–H and O–H groups in total. The minimum atomic E-state index is -0.347. The first-order valence-electron chi connectivity index (χ1n) is 9.07. The number of nitrogens with one attached hydrogen (secondary N) is 1. The standard InChI is InChI=1S/C22H24N2O4/c1-15(22(25)27-3)20(16-7-5-4-6-8-16)23-13-18-14-28-21(24-18)17-9-11-19(26-2)12-10-17/h4-12,14-15,20,23H,13H2,1-3H3/t15-,20-/m0/s1. The Morgan fingerprint density at radius 3 is 2.46 bits per heavy atom. The van der Waals surface area contributed by atoms with E-state index in [1.807, 2.05) is 61.5 Å². The van der Waals surface area contributed by atoms with Crippen LogP contribution < -0.4 is 10.1 Å². The van der Waals surface area contributed by atoms with Crippen molar-refractivity contribution in [3.05, 3.63) is 72.1 Å². The second-order valence-corrected chi connectivity index (χ2v) is 6.45. The average Bonchev–Trinajstić information content (AvgIpc) is 3.23. The third kappa shape index (κ3) is 4.58. The number of hydrogen-bond donors (Lipinski definition) is 1. The van der Waals surface area contributed by atoms with E-state index < -0.39 is 0 Å². The molecule has 2 aromatic carbocycles. The highest BCUT2D eigenvalue weighted by molar-refractivity contribution is 5.73. The molecular formula is C22H24N2O4. The second-order valence-electron chi connectivity index (χ2n) is 6.45. The van der Waals surface area contributed by atoms with Crippen LogP contribution in [0.15, 0.2) is 65.3 Å². The fourth-order valence-electron chi connectivity index (χ4n) is 3.03. The van der Waals surface area contributed by atoms with Crippen molar-refractivity contribution in [1.29, 1.82) is 0 Å². The van der Waals surface area contributed by atoms with E-state index in [0.717, 1.165) is 22.6 Å². The maximum absolute atomic E-state index is 12.1. The van der Waals surface area contributed by atoms with Crippen LogP contribution in [0.25, 0.3) is 11.5 Å². The summed E-state index contributed by atoms with van der Waals surface area (Å²) in [5.41, 5.74) is 2.64. The number of aromatic nitrogens is 1. The molecule has 6 nitrogen and oxygen atoms in total. The fourth-order valence-corrected chi connectivity index (χ4v) is 3.03. The Hall–Kier alpha value is -3.12. The highest BCUT2D eigenvalue weighted by Crippen LogP contribution is 2.25. The van der Waals surface area contributed by atoms with Crippen molar-refractivity contribution in [1.82, 2.24) is 10.3 Å². The average molecular weight is 380 g/mol. The van der Waals surface area contributed by atoms with Crippen molar-refractivity contribution < 1.29 is 18.7 Å². The molecule has 0 aliphatic heterocycles. The SMILES string of the molecule is COC(=O)[C@@H](C)[C@H](NCc1coc(-c2ccc(OC)cc2)n1)c1ccccc1. The zero-order valence-corrected chi connectivity index (χ0v) is 16.2. The van der Waals surface area contributed by atoms with Crippen LogP contribution in [-0.4, -0.2) is 25.2 Å². The van der Waals surface area contributed by atoms with Crippen molar-refractivity contribution >= 4 is 5.97 Å². The molecule has 2 atom stereocenters. The van der Waals surface area contributed by atoms with Gasteiger partial charge in [0.15, 0.2) is 0 Å². The number of rotatable bonds is 8. The Kier molecular flexibility index (Phi) is 6.45. The molecular weight excluding hydrogens is 356 g/mol. The first-order chi connectivity index (χ1) is 13.6. The summed E-state index contributed by atoms with van der Waals surface area (Å²) < 4.78 is 15.7. The maximum Gasteiger partial charge on any atom is 0.310 e. The van der Waals surface area contributed by atoms with Crippen LogP contribution in [0, 0.1) is 5.92 Å². The number of carbonyl (C=O) groups excluding carboxylic acids is 1. The highest BCUT2D eigenvalue weighted by Gasteiger charge is 2.26. The zero-order chi connectivity index (χ0) is 19.9. The van der Waals surface area contributed by atoms with E-state index in [1.165, 1.54) is 7.11 Å². The summed E-state index contributed by atoms with van der Waals surface area (Å²) in [6.07, 6.45) is 1.62. The number of benzene rings is 2. The topological polar surface area (TPSA) is 73.6 Å². The van der Waals surface area contributed by atoms with Crippen LogP contribution in [-0.2, 0) is 16.1 Å². The molecule has 0 aliphatic rings. The van der Waals surface area contributed by atoms with E-state index in [2.05, 4.69) is 10.3 Å². The predicted molar refractivity (Wildman–Crippen MR) is 106 cm³/mol. The van der Waals surface area contributed by atoms with Gasteiger partial charge in [0, 0.05) is 18.2 Å². The molecule has 0 unspecified atom stereocenters. The lowest BCUT2D eigenvalue weighted by Gasteiger charge is -2.23. The number of oxazole rings is 1. The van der Waals surface area contributed by atoms with E-state index in [9.17, 15) is 4.79 Å². The van der Waals surface area contributed by atoms with Gasteiger partial charge in [-0.15, -0.1) is 0 Å². The Morgan fingerprint density at radius 1 is 1.11 bits per heavy atom. The van der Waals surface area contributed by atoms with Gasteiger partial charge in [-0.2, -0.15) is 0 Å². The van der Waals surface area contributed by atoms with E-state index >= 15 is 0 Å². The largest absolute Gasteiger partial charge is 0.497 e. The molecule has 0 radical (unpaired) electrons. The molecule has 3 aromatic rings. The molecule has 3 rings (SSSR count). The molecule has 0 saturated carbocycles. The van der Waals surface area contributed by atoms with E-state index in [4.69, 9.17) is 13.9 Å². The van der Waals surface area contributed by atoms with Crippen molar-refractivity contribution in [2.45, 2.75) is 19.5 Å². The van der Waals surface area contributed by atoms with Crippen LogP contribution >= 0.6 is 0 Å². The summed E-state index contributed by atoms with van der Waals surface area (Å²) >= 11 is 0. The molecule has 0 aliphatic carbocycles. The summed E-state index contributed by atoms with van der Waals surface area (Å²) in [6, 6.07) is 17.1. The molecule has 1 aromatic heterocycles. The fraction of sp³-hybridized carbons (Fsp3) is 0.273. The third-order valence-corrected chi connectivity index (χ3v) is 4.62. The molecule has 0 fully saturated rings. The van der Waals surface area contributed by atoms with Crippen molar-refractivity contribution in [2.75, 3.05) is 14.2 Å². The molecule has 0 amide bonds. The number of methoxy groups -OCH3 is 2. The van der Waals surface area contributed by atoms with Gasteiger partial charge in [-0.1, -0.05) is 37.3 Å². The quantitative estimate of drug-likeness (QED) is 0.596. The van der Waals surface area contributed by atoms with Gasteiger partial charge < -0.3 is 19.2 Å². The molecule has 28 heavy (non-hydrogen) atoms. The van der Waals surface area contributed by atoms with Gasteiger partial charge in [-0.05, 0) is 29.8 Å². The van der Waals surface area contributed by atoms with Crippen LogP contribution in [0.2, 0.25) is 0 Å². The van der Waals surface area contributed by atoms with Gasteiger partial charge in [0.1, 0.15) is 12.0 Å². The summed E-state index contributed by atoms with van der Waals surface area (Å²) in [7, 11) is 3.03. The number of hydrogen-bond acceptors (Lipinski definition) is 6. The highest BCUT2D eigenvalue weighted by atomic mass is 16.5. The van der Waals surface area contributed by atoms with Crippen LogP contribution in [0.1, 0.15) is 24.2 Å². The summed E-state index contributed by atoms with van der Waals surface area (Å²) in [5, 5.41) is 3.41. The van der Waals surface area contributed by atoms with Gasteiger partial charge in [0.25, 0.3) is 0 Å². The van der Waals surface area contributed by atoms with Crippen molar-refractivity contribution in [2.24, 2.45) is 5.92 Å². The molecule has 1 heterocycles. The summed E-state index contributed by atoms with van der Waals surface area (Å²) in [6.45, 7) is 2.31.